The first-order valence-corrected chi connectivity index (χ1v) is 11.4. The van der Waals surface area contributed by atoms with Gasteiger partial charge in [-0.2, -0.15) is 0 Å². The highest BCUT2D eigenvalue weighted by Crippen LogP contribution is 2.24. The van der Waals surface area contributed by atoms with Crippen molar-refractivity contribution in [2.45, 2.75) is 12.7 Å². The summed E-state index contributed by atoms with van der Waals surface area (Å²) in [6.07, 6.45) is -1.10. The summed E-state index contributed by atoms with van der Waals surface area (Å²) in [6, 6.07) is 20.6. The molecule has 1 aromatic heterocycles. The minimum atomic E-state index is -1.10. The van der Waals surface area contributed by atoms with Gasteiger partial charge in [0.15, 0.2) is 5.76 Å². The highest BCUT2D eigenvalue weighted by atomic mass is 16.4. The third-order valence-electron chi connectivity index (χ3n) is 6.12. The van der Waals surface area contributed by atoms with Crippen LogP contribution in [0.4, 0.5) is 5.69 Å². The standard InChI is InChI=1S/C26H27N5O3/c1-30-13-15-31(16-14-30)17-19-11-12-22(34-19)25(32)29-24-26(33)27-21-10-6-5-9-20(21)23(28-24)18-7-3-2-4-8-18/h2-12,24H,13-17H2,1H3,(H,27,33)(H,29,32). The predicted molar refractivity (Wildman–Crippen MR) is 130 cm³/mol. The van der Waals surface area contributed by atoms with Crippen molar-refractivity contribution in [3.63, 3.8) is 0 Å². The van der Waals surface area contributed by atoms with Gasteiger partial charge in [-0.15, -0.1) is 0 Å². The number of benzodiazepines with no additional fused rings is 1. The Bertz CT molecular complexity index is 1210. The summed E-state index contributed by atoms with van der Waals surface area (Å²) in [5, 5.41) is 5.61. The lowest BCUT2D eigenvalue weighted by molar-refractivity contribution is -0.117. The van der Waals surface area contributed by atoms with Crippen molar-refractivity contribution in [2.75, 3.05) is 38.5 Å². The third-order valence-corrected chi connectivity index (χ3v) is 6.12. The molecule has 1 saturated heterocycles. The van der Waals surface area contributed by atoms with Gasteiger partial charge in [-0.3, -0.25) is 14.5 Å². The van der Waals surface area contributed by atoms with Gasteiger partial charge < -0.3 is 20.0 Å². The number of anilines is 1. The SMILES string of the molecule is CN1CCN(Cc2ccc(C(=O)NC3N=C(c4ccccc4)c4ccccc4NC3=O)o2)CC1. The second-order valence-corrected chi connectivity index (χ2v) is 8.60. The van der Waals surface area contributed by atoms with Crippen molar-refractivity contribution in [3.05, 3.63) is 89.4 Å². The first kappa shape index (κ1) is 22.1. The Kier molecular flexibility index (Phi) is 6.24. The molecule has 8 nitrogen and oxygen atoms in total. The van der Waals surface area contributed by atoms with Gasteiger partial charge >= 0.3 is 0 Å². The lowest BCUT2D eigenvalue weighted by Crippen LogP contribution is -2.43. The molecule has 0 bridgehead atoms. The molecule has 2 aliphatic heterocycles. The second-order valence-electron chi connectivity index (χ2n) is 8.60. The van der Waals surface area contributed by atoms with Crippen LogP contribution in [0.2, 0.25) is 0 Å². The molecule has 174 valence electrons. The van der Waals surface area contributed by atoms with Crippen molar-refractivity contribution >= 4 is 23.2 Å². The lowest BCUT2D eigenvalue weighted by Gasteiger charge is -2.31. The summed E-state index contributed by atoms with van der Waals surface area (Å²) in [6.45, 7) is 4.58. The Balaban J connectivity index is 1.35. The Morgan fingerprint density at radius 3 is 2.56 bits per heavy atom. The average molecular weight is 458 g/mol. The number of hydrogen-bond donors (Lipinski definition) is 2. The molecule has 34 heavy (non-hydrogen) atoms. The zero-order chi connectivity index (χ0) is 23.5. The maximum atomic E-state index is 13.0. The number of fused-ring (bicyclic) bond motifs is 1. The van der Waals surface area contributed by atoms with Crippen LogP contribution in [0.15, 0.2) is 76.1 Å². The Hall–Kier alpha value is -3.75. The number of piperazine rings is 1. The van der Waals surface area contributed by atoms with Crippen molar-refractivity contribution in [2.24, 2.45) is 4.99 Å². The highest BCUT2D eigenvalue weighted by molar-refractivity contribution is 6.20. The number of para-hydroxylation sites is 1. The fourth-order valence-corrected chi connectivity index (χ4v) is 4.19. The number of carbonyl (C=O) groups excluding carboxylic acids is 2. The number of furan rings is 1. The monoisotopic (exact) mass is 457 g/mol. The van der Waals surface area contributed by atoms with E-state index in [1.165, 1.54) is 0 Å². The summed E-state index contributed by atoms with van der Waals surface area (Å²) < 4.78 is 5.81. The van der Waals surface area contributed by atoms with Crippen molar-refractivity contribution < 1.29 is 14.0 Å². The zero-order valence-electron chi connectivity index (χ0n) is 19.0. The van der Waals surface area contributed by atoms with E-state index in [0.29, 0.717) is 17.9 Å². The fraction of sp³-hybridized carbons (Fsp3) is 0.269. The van der Waals surface area contributed by atoms with E-state index < -0.39 is 18.0 Å². The van der Waals surface area contributed by atoms with Gasteiger partial charge in [0, 0.05) is 37.3 Å². The van der Waals surface area contributed by atoms with Crippen LogP contribution in [0.1, 0.15) is 27.4 Å². The van der Waals surface area contributed by atoms with E-state index >= 15 is 0 Å². The molecule has 1 atom stereocenters. The van der Waals surface area contributed by atoms with Crippen LogP contribution in [0, 0.1) is 0 Å². The first-order chi connectivity index (χ1) is 16.6. The number of hydrogen-bond acceptors (Lipinski definition) is 6. The molecule has 8 heteroatoms. The molecular weight excluding hydrogens is 430 g/mol. The number of rotatable bonds is 5. The molecule has 2 aliphatic rings. The van der Waals surface area contributed by atoms with E-state index in [0.717, 1.165) is 43.1 Å². The van der Waals surface area contributed by atoms with E-state index in [1.807, 2.05) is 60.7 Å². The summed E-state index contributed by atoms with van der Waals surface area (Å²) in [4.78, 5) is 35.1. The minimum Gasteiger partial charge on any atom is -0.455 e. The quantitative estimate of drug-likeness (QED) is 0.615. The van der Waals surface area contributed by atoms with Gasteiger partial charge in [0.25, 0.3) is 11.8 Å². The molecule has 0 radical (unpaired) electrons. The molecule has 0 saturated carbocycles. The molecule has 2 amide bonds. The van der Waals surface area contributed by atoms with E-state index in [1.54, 1.807) is 6.07 Å². The number of aliphatic imine (C=N–C) groups is 1. The van der Waals surface area contributed by atoms with Gasteiger partial charge in [-0.05, 0) is 25.2 Å². The van der Waals surface area contributed by atoms with Crippen LogP contribution in [-0.2, 0) is 11.3 Å². The molecule has 5 rings (SSSR count). The summed E-state index contributed by atoms with van der Waals surface area (Å²) in [5.41, 5.74) is 2.94. The second kappa shape index (κ2) is 9.62. The molecule has 1 fully saturated rings. The Morgan fingerprint density at radius 1 is 1.03 bits per heavy atom. The summed E-state index contributed by atoms with van der Waals surface area (Å²) >= 11 is 0. The Morgan fingerprint density at radius 2 is 1.76 bits per heavy atom. The average Bonchev–Trinajstić information content (AvgIpc) is 3.27. The molecule has 3 heterocycles. The van der Waals surface area contributed by atoms with Crippen molar-refractivity contribution in [1.29, 1.82) is 0 Å². The summed E-state index contributed by atoms with van der Waals surface area (Å²) in [7, 11) is 2.11. The minimum absolute atomic E-state index is 0.162. The highest BCUT2D eigenvalue weighted by Gasteiger charge is 2.28. The van der Waals surface area contributed by atoms with Crippen molar-refractivity contribution in [1.82, 2.24) is 15.1 Å². The molecule has 0 spiro atoms. The molecule has 1 unspecified atom stereocenters. The van der Waals surface area contributed by atoms with Crippen LogP contribution in [0.25, 0.3) is 0 Å². The zero-order valence-corrected chi connectivity index (χ0v) is 19.0. The number of carbonyl (C=O) groups is 2. The smallest absolute Gasteiger partial charge is 0.289 e. The van der Waals surface area contributed by atoms with E-state index in [4.69, 9.17) is 4.42 Å². The maximum absolute atomic E-state index is 13.0. The molecule has 2 aromatic carbocycles. The van der Waals surface area contributed by atoms with Gasteiger partial charge in [0.2, 0.25) is 6.17 Å². The first-order valence-electron chi connectivity index (χ1n) is 11.4. The Labute approximate surface area is 198 Å². The largest absolute Gasteiger partial charge is 0.455 e. The van der Waals surface area contributed by atoms with Crippen LogP contribution in [0.3, 0.4) is 0 Å². The molecule has 3 aromatic rings. The van der Waals surface area contributed by atoms with Crippen molar-refractivity contribution in [3.8, 4) is 0 Å². The number of likely N-dealkylation sites (N-methyl/N-ethyl adjacent to an activating group) is 1. The van der Waals surface area contributed by atoms with E-state index in [-0.39, 0.29) is 5.76 Å². The molecular formula is C26H27N5O3. The lowest BCUT2D eigenvalue weighted by atomic mass is 10.0. The normalized spacial score (nSPS) is 19.0. The topological polar surface area (TPSA) is 90.2 Å². The molecule has 0 aliphatic carbocycles. The maximum Gasteiger partial charge on any atom is 0.289 e. The van der Waals surface area contributed by atoms with Gasteiger partial charge in [0.1, 0.15) is 5.76 Å². The number of nitrogens with zero attached hydrogens (tertiary/aromatic N) is 3. The van der Waals surface area contributed by atoms with Gasteiger partial charge in [0.05, 0.1) is 17.9 Å². The molecule has 2 N–H and O–H groups in total. The van der Waals surface area contributed by atoms with Crippen LogP contribution < -0.4 is 10.6 Å². The van der Waals surface area contributed by atoms with E-state index in [9.17, 15) is 9.59 Å². The van der Waals surface area contributed by atoms with E-state index in [2.05, 4.69) is 32.5 Å². The van der Waals surface area contributed by atoms with Gasteiger partial charge in [-0.25, -0.2) is 4.99 Å². The predicted octanol–water partition coefficient (Wildman–Crippen LogP) is 2.57. The fourth-order valence-electron chi connectivity index (χ4n) is 4.19. The third kappa shape index (κ3) is 4.78. The number of amides is 2. The summed E-state index contributed by atoms with van der Waals surface area (Å²) in [5.74, 6) is -0.00102. The van der Waals surface area contributed by atoms with Crippen LogP contribution in [-0.4, -0.2) is 66.7 Å². The van der Waals surface area contributed by atoms with Gasteiger partial charge in [-0.1, -0.05) is 48.5 Å². The number of benzene rings is 2. The van der Waals surface area contributed by atoms with Crippen LogP contribution in [0.5, 0.6) is 0 Å². The van der Waals surface area contributed by atoms with Crippen LogP contribution >= 0.6 is 0 Å². The number of nitrogens with one attached hydrogen (secondary N) is 2.